The van der Waals surface area contributed by atoms with Gasteiger partial charge in [0.2, 0.25) is 5.95 Å². The topological polar surface area (TPSA) is 102 Å². The number of fused-ring (bicyclic) bond motifs is 1. The van der Waals surface area contributed by atoms with Crippen LogP contribution in [-0.2, 0) is 0 Å². The normalized spacial score (nSPS) is 10.3. The first kappa shape index (κ1) is 13.3. The Morgan fingerprint density at radius 2 is 2.19 bits per heavy atom. The van der Waals surface area contributed by atoms with E-state index in [1.807, 2.05) is 12.1 Å². The maximum Gasteiger partial charge on any atom is 0.226 e. The second kappa shape index (κ2) is 5.38. The highest BCUT2D eigenvalue weighted by Crippen LogP contribution is 2.27. The summed E-state index contributed by atoms with van der Waals surface area (Å²) >= 11 is 3.39. The number of aromatic amines is 1. The molecule has 0 fully saturated rings. The van der Waals surface area contributed by atoms with Crippen LogP contribution in [-0.4, -0.2) is 27.0 Å². The molecule has 0 aliphatic carbocycles. The predicted octanol–water partition coefficient (Wildman–Crippen LogP) is 2.77. The van der Waals surface area contributed by atoms with E-state index in [0.717, 1.165) is 4.47 Å². The predicted molar refractivity (Wildman–Crippen MR) is 83.4 cm³/mol. The summed E-state index contributed by atoms with van der Waals surface area (Å²) in [5.41, 5.74) is 2.40. The highest BCUT2D eigenvalue weighted by Gasteiger charge is 2.11. The van der Waals surface area contributed by atoms with Crippen molar-refractivity contribution >= 4 is 44.5 Å². The van der Waals surface area contributed by atoms with Crippen LogP contribution >= 0.6 is 15.9 Å². The summed E-state index contributed by atoms with van der Waals surface area (Å²) in [6.07, 6.45) is 1.55. The first-order valence-corrected chi connectivity index (χ1v) is 6.86. The Morgan fingerprint density at radius 1 is 1.33 bits per heavy atom. The third kappa shape index (κ3) is 2.51. The van der Waals surface area contributed by atoms with Crippen LogP contribution in [0.25, 0.3) is 11.2 Å². The second-order valence-corrected chi connectivity index (χ2v) is 5.09. The fraction of sp³-hybridized carbons (Fsp3) is 0.0769. The van der Waals surface area contributed by atoms with Gasteiger partial charge in [-0.2, -0.15) is 15.2 Å². The van der Waals surface area contributed by atoms with Crippen molar-refractivity contribution in [2.24, 2.45) is 0 Å². The Balaban J connectivity index is 2.12. The summed E-state index contributed by atoms with van der Waals surface area (Å²) in [5, 5.41) is 15.2. The van der Waals surface area contributed by atoms with Gasteiger partial charge in [0.25, 0.3) is 0 Å². The van der Waals surface area contributed by atoms with Crippen LogP contribution < -0.4 is 10.6 Å². The molecule has 0 atom stereocenters. The van der Waals surface area contributed by atoms with Gasteiger partial charge < -0.3 is 15.6 Å². The molecular weight excluding hydrogens is 334 g/mol. The molecule has 7 nitrogen and oxygen atoms in total. The van der Waals surface area contributed by atoms with Crippen molar-refractivity contribution in [1.82, 2.24) is 19.9 Å². The number of aromatic nitrogens is 4. The lowest BCUT2D eigenvalue weighted by Gasteiger charge is -2.09. The summed E-state index contributed by atoms with van der Waals surface area (Å²) in [6.45, 7) is 0. The summed E-state index contributed by atoms with van der Waals surface area (Å²) in [5.74, 6) is 1.00. The molecule has 0 spiro atoms. The zero-order valence-electron chi connectivity index (χ0n) is 11.0. The molecule has 8 heteroatoms. The standard InChI is InChI=1S/C13H10BrN7/c1-16-13-20-11-10(17-6-18-11)12(21-13)19-9-4-8(14)3-2-7(9)5-15/h2-4,6H,1H3,(H3,16,17,18,19,20,21). The van der Waals surface area contributed by atoms with Gasteiger partial charge in [-0.3, -0.25) is 0 Å². The van der Waals surface area contributed by atoms with Gasteiger partial charge in [0.05, 0.1) is 17.6 Å². The van der Waals surface area contributed by atoms with E-state index in [4.69, 9.17) is 0 Å². The third-order valence-electron chi connectivity index (χ3n) is 2.86. The summed E-state index contributed by atoms with van der Waals surface area (Å²) < 4.78 is 0.868. The van der Waals surface area contributed by atoms with Crippen LogP contribution in [0.4, 0.5) is 17.5 Å². The molecular formula is C13H10BrN7. The SMILES string of the molecule is CNc1nc(Nc2cc(Br)ccc2C#N)c2[nH]cnc2n1. The lowest BCUT2D eigenvalue weighted by molar-refractivity contribution is 1.18. The Labute approximate surface area is 128 Å². The van der Waals surface area contributed by atoms with Gasteiger partial charge in [-0.15, -0.1) is 0 Å². The van der Waals surface area contributed by atoms with Crippen molar-refractivity contribution in [1.29, 1.82) is 5.26 Å². The number of imidazole rings is 1. The van der Waals surface area contributed by atoms with E-state index in [9.17, 15) is 5.26 Å². The Bertz CT molecular complexity index is 849. The van der Waals surface area contributed by atoms with Crippen molar-refractivity contribution in [2.45, 2.75) is 0 Å². The molecule has 2 heterocycles. The van der Waals surface area contributed by atoms with Crippen LogP contribution in [0.5, 0.6) is 0 Å². The van der Waals surface area contributed by atoms with Gasteiger partial charge in [-0.05, 0) is 18.2 Å². The monoisotopic (exact) mass is 343 g/mol. The number of halogens is 1. The zero-order valence-corrected chi connectivity index (χ0v) is 12.6. The molecule has 2 aromatic heterocycles. The van der Waals surface area contributed by atoms with Crippen molar-refractivity contribution in [2.75, 3.05) is 17.7 Å². The van der Waals surface area contributed by atoms with Gasteiger partial charge in [-0.1, -0.05) is 15.9 Å². The van der Waals surface area contributed by atoms with Crippen LogP contribution in [0.2, 0.25) is 0 Å². The molecule has 1 aromatic carbocycles. The fourth-order valence-electron chi connectivity index (χ4n) is 1.88. The van der Waals surface area contributed by atoms with Crippen molar-refractivity contribution in [3.05, 3.63) is 34.6 Å². The van der Waals surface area contributed by atoms with Gasteiger partial charge in [0.15, 0.2) is 11.5 Å². The van der Waals surface area contributed by atoms with Crippen LogP contribution in [0.1, 0.15) is 5.56 Å². The maximum atomic E-state index is 9.19. The number of H-pyrrole nitrogens is 1. The highest BCUT2D eigenvalue weighted by molar-refractivity contribution is 9.10. The molecule has 0 saturated carbocycles. The molecule has 0 aliphatic heterocycles. The number of nitrogens with one attached hydrogen (secondary N) is 3. The number of hydrogen-bond donors (Lipinski definition) is 3. The minimum Gasteiger partial charge on any atom is -0.357 e. The van der Waals surface area contributed by atoms with E-state index in [0.29, 0.717) is 34.2 Å². The van der Waals surface area contributed by atoms with E-state index in [1.165, 1.54) is 0 Å². The molecule has 3 rings (SSSR count). The number of hydrogen-bond acceptors (Lipinski definition) is 6. The smallest absolute Gasteiger partial charge is 0.226 e. The molecule has 3 aromatic rings. The Hall–Kier alpha value is -2.66. The van der Waals surface area contributed by atoms with Crippen molar-refractivity contribution < 1.29 is 0 Å². The minimum absolute atomic E-state index is 0.450. The fourth-order valence-corrected chi connectivity index (χ4v) is 2.24. The lowest BCUT2D eigenvalue weighted by atomic mass is 10.2. The highest BCUT2D eigenvalue weighted by atomic mass is 79.9. The third-order valence-corrected chi connectivity index (χ3v) is 3.36. The van der Waals surface area contributed by atoms with E-state index < -0.39 is 0 Å². The van der Waals surface area contributed by atoms with E-state index in [-0.39, 0.29) is 0 Å². The van der Waals surface area contributed by atoms with Crippen molar-refractivity contribution in [3.63, 3.8) is 0 Å². The number of anilines is 3. The van der Waals surface area contributed by atoms with Gasteiger partial charge in [0.1, 0.15) is 11.6 Å². The summed E-state index contributed by atoms with van der Waals surface area (Å²) in [7, 11) is 1.73. The number of nitrogens with zero attached hydrogens (tertiary/aromatic N) is 4. The van der Waals surface area contributed by atoms with Gasteiger partial charge >= 0.3 is 0 Å². The average Bonchev–Trinajstić information content (AvgIpc) is 2.96. The molecule has 0 aliphatic rings. The molecule has 104 valence electrons. The zero-order chi connectivity index (χ0) is 14.8. The molecule has 21 heavy (non-hydrogen) atoms. The minimum atomic E-state index is 0.450. The first-order valence-electron chi connectivity index (χ1n) is 6.07. The Kier molecular flexibility index (Phi) is 3.41. The number of nitriles is 1. The molecule has 0 amide bonds. The van der Waals surface area contributed by atoms with Crippen LogP contribution in [0.3, 0.4) is 0 Å². The van der Waals surface area contributed by atoms with E-state index in [1.54, 1.807) is 19.4 Å². The van der Waals surface area contributed by atoms with Crippen molar-refractivity contribution in [3.8, 4) is 6.07 Å². The lowest BCUT2D eigenvalue weighted by Crippen LogP contribution is -2.02. The quantitative estimate of drug-likeness (QED) is 0.675. The molecule has 0 saturated heterocycles. The van der Waals surface area contributed by atoms with Crippen LogP contribution in [0.15, 0.2) is 29.0 Å². The molecule has 3 N–H and O–H groups in total. The summed E-state index contributed by atoms with van der Waals surface area (Å²) in [4.78, 5) is 15.7. The number of rotatable bonds is 3. The van der Waals surface area contributed by atoms with Gasteiger partial charge in [-0.25, -0.2) is 4.98 Å². The summed E-state index contributed by atoms with van der Waals surface area (Å²) in [6, 6.07) is 7.51. The largest absolute Gasteiger partial charge is 0.357 e. The van der Waals surface area contributed by atoms with Gasteiger partial charge in [0, 0.05) is 11.5 Å². The first-order chi connectivity index (χ1) is 10.2. The molecule has 0 bridgehead atoms. The second-order valence-electron chi connectivity index (χ2n) is 4.17. The van der Waals surface area contributed by atoms with E-state index in [2.05, 4.69) is 52.6 Å². The molecule has 0 unspecified atom stereocenters. The molecule has 0 radical (unpaired) electrons. The Morgan fingerprint density at radius 3 is 2.95 bits per heavy atom. The van der Waals surface area contributed by atoms with E-state index >= 15 is 0 Å². The average molecular weight is 344 g/mol. The van der Waals surface area contributed by atoms with Crippen LogP contribution in [0, 0.1) is 11.3 Å². The number of benzene rings is 1. The maximum absolute atomic E-state index is 9.19.